The molecular weight excluding hydrogens is 219 g/mol. The lowest BCUT2D eigenvalue weighted by molar-refractivity contribution is 0.101. The number of carbonyl (C=O) groups is 1. The van der Waals surface area contributed by atoms with Gasteiger partial charge in [0.25, 0.3) is 0 Å². The molecule has 0 aliphatic carbocycles. The molecule has 1 heterocycles. The molecule has 0 amide bonds. The van der Waals surface area contributed by atoms with Crippen molar-refractivity contribution < 1.29 is 14.3 Å². The molecule has 0 aliphatic heterocycles. The number of rotatable bonds is 3. The Labute approximate surface area is 98.3 Å². The first kappa shape index (κ1) is 11.6. The Morgan fingerprint density at radius 2 is 2.12 bits per heavy atom. The molecule has 4 nitrogen and oxygen atoms in total. The van der Waals surface area contributed by atoms with Crippen LogP contribution in [0, 0.1) is 0 Å². The van der Waals surface area contributed by atoms with E-state index in [0.717, 1.165) is 0 Å². The lowest BCUT2D eigenvalue weighted by Crippen LogP contribution is -2.13. The van der Waals surface area contributed by atoms with Crippen LogP contribution < -0.4 is 5.63 Å². The maximum atomic E-state index is 11.5. The molecule has 2 aromatic rings. The van der Waals surface area contributed by atoms with Crippen molar-refractivity contribution in [3.8, 4) is 0 Å². The molecule has 0 unspecified atom stereocenters. The molecule has 1 aromatic carbocycles. The summed E-state index contributed by atoms with van der Waals surface area (Å²) in [5.41, 5.74) is 0.230. The summed E-state index contributed by atoms with van der Waals surface area (Å²) < 4.78 is 5.02. The summed E-state index contributed by atoms with van der Waals surface area (Å²) in [6.45, 7) is -0.136. The Hall–Kier alpha value is -1.88. The molecule has 2 radical (unpaired) electrons. The highest BCUT2D eigenvalue weighted by Crippen LogP contribution is 2.16. The van der Waals surface area contributed by atoms with Crippen LogP contribution in [0.25, 0.3) is 11.0 Å². The maximum Gasteiger partial charge on any atom is 0.347 e. The number of Topliss-reactive ketones (excluding diaryl/α,β-unsaturated/α-hetero) is 1. The van der Waals surface area contributed by atoms with Gasteiger partial charge in [0.05, 0.1) is 14.5 Å². The summed E-state index contributed by atoms with van der Waals surface area (Å²) in [6, 6.07) is 6.39. The lowest BCUT2D eigenvalue weighted by atomic mass is 9.96. The number of carbonyl (C=O) groups excluding carboxylic acids is 1. The maximum absolute atomic E-state index is 11.5. The Balaban J connectivity index is 2.66. The summed E-state index contributed by atoms with van der Waals surface area (Å²) >= 11 is 0. The zero-order valence-corrected chi connectivity index (χ0v) is 8.97. The Morgan fingerprint density at radius 1 is 1.35 bits per heavy atom. The van der Waals surface area contributed by atoms with E-state index in [1.54, 1.807) is 18.2 Å². The fourth-order valence-electron chi connectivity index (χ4n) is 1.56. The summed E-state index contributed by atoms with van der Waals surface area (Å²) in [4.78, 5) is 22.9. The highest BCUT2D eigenvalue weighted by molar-refractivity contribution is 6.24. The van der Waals surface area contributed by atoms with Crippen molar-refractivity contribution in [1.29, 1.82) is 0 Å². The van der Waals surface area contributed by atoms with Gasteiger partial charge in [-0.25, -0.2) is 4.79 Å². The van der Waals surface area contributed by atoms with Gasteiger partial charge in [-0.15, -0.1) is 0 Å². The van der Waals surface area contributed by atoms with Gasteiger partial charge in [0.15, 0.2) is 5.78 Å². The molecule has 0 fully saturated rings. The molecule has 2 rings (SSSR count). The van der Waals surface area contributed by atoms with Crippen molar-refractivity contribution in [2.75, 3.05) is 0 Å². The minimum atomic E-state index is -0.706. The summed E-state index contributed by atoms with van der Waals surface area (Å²) in [7, 11) is 5.20. The van der Waals surface area contributed by atoms with Crippen molar-refractivity contribution in [1.82, 2.24) is 0 Å². The predicted octanol–water partition coefficient (Wildman–Crippen LogP) is 1.05. The van der Waals surface area contributed by atoms with Crippen LogP contribution >= 0.6 is 0 Å². The van der Waals surface area contributed by atoms with Crippen molar-refractivity contribution in [2.24, 2.45) is 0 Å². The number of aliphatic hydroxyl groups excluding tert-OH is 1. The van der Waals surface area contributed by atoms with E-state index in [9.17, 15) is 9.59 Å². The van der Waals surface area contributed by atoms with Gasteiger partial charge in [-0.3, -0.25) is 4.79 Å². The van der Waals surface area contributed by atoms with E-state index in [1.807, 2.05) is 0 Å². The van der Waals surface area contributed by atoms with E-state index >= 15 is 0 Å². The third-order valence-electron chi connectivity index (χ3n) is 2.47. The smallest absolute Gasteiger partial charge is 0.347 e. The third-order valence-corrected chi connectivity index (χ3v) is 2.47. The van der Waals surface area contributed by atoms with Crippen LogP contribution in [-0.4, -0.2) is 18.7 Å². The molecule has 0 aliphatic rings. The average Bonchev–Trinajstić information content (AvgIpc) is 2.36. The molecule has 84 valence electrons. The van der Waals surface area contributed by atoms with Crippen LogP contribution in [0.15, 0.2) is 33.5 Å². The van der Waals surface area contributed by atoms with Gasteiger partial charge in [0.1, 0.15) is 11.1 Å². The third kappa shape index (κ3) is 2.14. The van der Waals surface area contributed by atoms with Crippen LogP contribution in [-0.2, 0) is 6.61 Å². The van der Waals surface area contributed by atoms with Crippen molar-refractivity contribution in [3.05, 3.63) is 45.8 Å². The van der Waals surface area contributed by atoms with Crippen LogP contribution in [0.1, 0.15) is 15.9 Å². The highest BCUT2D eigenvalue weighted by Gasteiger charge is 2.11. The second-order valence-corrected chi connectivity index (χ2v) is 3.61. The standard InChI is InChI=1S/C12H9BO4/c13-5-10(15)9-4-8-2-1-7(6-14)3-11(8)17-12(9)16/h1-4,14H,5-6H2. The van der Waals surface area contributed by atoms with Gasteiger partial charge in [-0.05, 0) is 24.0 Å². The van der Waals surface area contributed by atoms with Gasteiger partial charge < -0.3 is 9.52 Å². The Kier molecular flexibility index (Phi) is 3.11. The minimum absolute atomic E-state index is 0.0447. The van der Waals surface area contributed by atoms with Gasteiger partial charge >= 0.3 is 5.63 Å². The van der Waals surface area contributed by atoms with Crippen LogP contribution in [0.3, 0.4) is 0 Å². The molecular formula is C12H9BO4. The largest absolute Gasteiger partial charge is 0.422 e. The lowest BCUT2D eigenvalue weighted by Gasteiger charge is -2.02. The van der Waals surface area contributed by atoms with E-state index in [1.165, 1.54) is 6.07 Å². The topological polar surface area (TPSA) is 67.5 Å². The minimum Gasteiger partial charge on any atom is -0.422 e. The molecule has 1 aromatic heterocycles. The molecule has 0 atom stereocenters. The Bertz CT molecular complexity index is 630. The fourth-order valence-corrected chi connectivity index (χ4v) is 1.56. The monoisotopic (exact) mass is 228 g/mol. The van der Waals surface area contributed by atoms with Crippen LogP contribution in [0.4, 0.5) is 0 Å². The second kappa shape index (κ2) is 4.55. The normalized spacial score (nSPS) is 10.6. The number of fused-ring (bicyclic) bond motifs is 1. The molecule has 17 heavy (non-hydrogen) atoms. The van der Waals surface area contributed by atoms with Gasteiger partial charge in [-0.2, -0.15) is 0 Å². The van der Waals surface area contributed by atoms with Gasteiger partial charge in [-0.1, -0.05) is 12.1 Å². The van der Waals surface area contributed by atoms with Crippen LogP contribution in [0.5, 0.6) is 0 Å². The number of hydrogen-bond donors (Lipinski definition) is 1. The molecule has 1 N–H and O–H groups in total. The van der Waals surface area contributed by atoms with E-state index in [0.29, 0.717) is 16.5 Å². The van der Waals surface area contributed by atoms with Crippen molar-refractivity contribution in [2.45, 2.75) is 12.9 Å². The number of hydrogen-bond acceptors (Lipinski definition) is 4. The van der Waals surface area contributed by atoms with Crippen molar-refractivity contribution in [3.63, 3.8) is 0 Å². The fraction of sp³-hybridized carbons (Fsp3) is 0.167. The number of ketones is 1. The first-order valence-corrected chi connectivity index (χ1v) is 5.06. The molecule has 0 saturated carbocycles. The summed E-state index contributed by atoms with van der Waals surface area (Å²) in [5.74, 6) is -0.452. The SMILES string of the molecule is [B]CC(=O)c1cc2ccc(CO)cc2oc1=O. The zero-order chi connectivity index (χ0) is 12.4. The van der Waals surface area contributed by atoms with Gasteiger partial charge in [0.2, 0.25) is 0 Å². The van der Waals surface area contributed by atoms with E-state index in [2.05, 4.69) is 0 Å². The van der Waals surface area contributed by atoms with E-state index in [-0.39, 0.29) is 18.5 Å². The summed E-state index contributed by atoms with van der Waals surface area (Å²) in [5, 5.41) is 9.58. The second-order valence-electron chi connectivity index (χ2n) is 3.61. The van der Waals surface area contributed by atoms with Crippen molar-refractivity contribution >= 4 is 24.6 Å². The molecule has 0 bridgehead atoms. The average molecular weight is 228 g/mol. The molecule has 5 heteroatoms. The highest BCUT2D eigenvalue weighted by atomic mass is 16.4. The quantitative estimate of drug-likeness (QED) is 0.484. The predicted molar refractivity (Wildman–Crippen MR) is 63.3 cm³/mol. The first-order chi connectivity index (χ1) is 8.15. The summed E-state index contributed by atoms with van der Waals surface area (Å²) in [6.07, 6.45) is -0.231. The Morgan fingerprint density at radius 3 is 2.76 bits per heavy atom. The van der Waals surface area contributed by atoms with Gasteiger partial charge in [0, 0.05) is 5.39 Å². The zero-order valence-electron chi connectivity index (χ0n) is 8.97. The number of aliphatic hydroxyl groups is 1. The van der Waals surface area contributed by atoms with Crippen LogP contribution in [0.2, 0.25) is 6.32 Å². The first-order valence-electron chi connectivity index (χ1n) is 5.06. The number of benzene rings is 1. The van der Waals surface area contributed by atoms with E-state index < -0.39 is 11.4 Å². The molecule has 0 saturated heterocycles. The molecule has 0 spiro atoms. The van der Waals surface area contributed by atoms with E-state index in [4.69, 9.17) is 17.4 Å².